The van der Waals surface area contributed by atoms with Crippen LogP contribution in [0.4, 0.5) is 13.2 Å². The first-order valence-electron chi connectivity index (χ1n) is 24.8. The van der Waals surface area contributed by atoms with Gasteiger partial charge in [0.15, 0.2) is 0 Å². The zero-order valence-electron chi connectivity index (χ0n) is 44.6. The van der Waals surface area contributed by atoms with Gasteiger partial charge in [-0.1, -0.05) is 179 Å². The van der Waals surface area contributed by atoms with Gasteiger partial charge in [-0.25, -0.2) is 4.98 Å². The number of alkyl halides is 3. The average molecular weight is 1180 g/mol. The van der Waals surface area contributed by atoms with E-state index in [9.17, 15) is 5.11 Å². The molecule has 0 saturated heterocycles. The summed E-state index contributed by atoms with van der Waals surface area (Å²) in [4.78, 5) is 11.1. The number of hydrogen-bond donors (Lipinski definition) is 1. The predicted octanol–water partition coefficient (Wildman–Crippen LogP) is 18.6. The molecule has 9 aromatic rings. The molecule has 9 rings (SSSR count). The van der Waals surface area contributed by atoms with Gasteiger partial charge < -0.3 is 5.11 Å². The number of nitrogens with zero attached hydrogens (tertiary/aromatic N) is 3. The van der Waals surface area contributed by atoms with Crippen molar-refractivity contribution in [1.29, 1.82) is 0 Å². The Morgan fingerprint density at radius 1 is 0.589 bits per heavy atom. The molecule has 3 heterocycles. The van der Waals surface area contributed by atoms with Gasteiger partial charge in [0.1, 0.15) is 11.6 Å². The monoisotopic (exact) mass is 1180 g/mol. The van der Waals surface area contributed by atoms with Gasteiger partial charge in [-0.15, -0.1) is 40.7 Å². The number of aryl methyl sites for hydroxylation is 3. The quantitative estimate of drug-likeness (QED) is 0.169. The number of hydrogen-bond acceptors (Lipinski definition) is 4. The standard InChI is InChI=1S/C64H65F3N3OS.Pt/c1-36-28-37(2)55(47(29-36)39-20-17-16-18-21-39)70-51-23-19-22-46(54(51)69-59(70)48-33-45(62(10,11)12)34-49(56(48)71)63(13,14)15)41-30-42(32-44(31-41)61(7,8)9)53-58-52(50(35-68-53)64(65,66)67)38(3)57(72-58)40-24-26-43(27-25-40)60(4,5)6;/h16-29,31-35,71H,1-15H3;/q-1;. The number of pyridine rings is 1. The molecule has 0 amide bonds. The third kappa shape index (κ3) is 9.99. The van der Waals surface area contributed by atoms with E-state index in [0.29, 0.717) is 38.4 Å². The molecule has 4 nitrogen and oxygen atoms in total. The van der Waals surface area contributed by atoms with Gasteiger partial charge in [-0.3, -0.25) is 9.55 Å². The van der Waals surface area contributed by atoms with Crippen molar-refractivity contribution in [3.63, 3.8) is 0 Å². The van der Waals surface area contributed by atoms with Gasteiger partial charge in [0.25, 0.3) is 0 Å². The van der Waals surface area contributed by atoms with E-state index in [2.05, 4.69) is 173 Å². The smallest absolute Gasteiger partial charge is 0.418 e. The number of phenols is 1. The van der Waals surface area contributed by atoms with Crippen molar-refractivity contribution in [2.45, 2.75) is 132 Å². The number of imidazole rings is 1. The van der Waals surface area contributed by atoms with Crippen molar-refractivity contribution in [3.05, 3.63) is 166 Å². The van der Waals surface area contributed by atoms with Crippen LogP contribution in [0, 0.1) is 26.8 Å². The van der Waals surface area contributed by atoms with E-state index in [0.717, 1.165) is 83.5 Å². The summed E-state index contributed by atoms with van der Waals surface area (Å²) in [6.07, 6.45) is -3.63. The minimum atomic E-state index is -4.62. The minimum Gasteiger partial charge on any atom is -0.507 e. The van der Waals surface area contributed by atoms with Crippen molar-refractivity contribution in [1.82, 2.24) is 14.5 Å². The van der Waals surface area contributed by atoms with Crippen molar-refractivity contribution < 1.29 is 39.3 Å². The van der Waals surface area contributed by atoms with Crippen LogP contribution in [0.1, 0.15) is 128 Å². The maximum absolute atomic E-state index is 15.0. The van der Waals surface area contributed by atoms with Gasteiger partial charge in [-0.05, 0) is 94.0 Å². The second-order valence-electron chi connectivity index (χ2n) is 23.8. The second-order valence-corrected chi connectivity index (χ2v) is 24.8. The Morgan fingerprint density at radius 3 is 1.81 bits per heavy atom. The van der Waals surface area contributed by atoms with Crippen molar-refractivity contribution in [3.8, 4) is 66.8 Å². The van der Waals surface area contributed by atoms with Gasteiger partial charge in [-0.2, -0.15) is 13.2 Å². The fourth-order valence-corrected chi connectivity index (χ4v) is 11.3. The zero-order chi connectivity index (χ0) is 52.2. The number of fused-ring (bicyclic) bond motifs is 2. The van der Waals surface area contributed by atoms with Crippen LogP contribution in [0.15, 0.2) is 115 Å². The second kappa shape index (κ2) is 18.8. The van der Waals surface area contributed by atoms with E-state index in [1.807, 2.05) is 48.5 Å². The zero-order valence-corrected chi connectivity index (χ0v) is 47.7. The van der Waals surface area contributed by atoms with E-state index in [1.54, 1.807) is 6.92 Å². The summed E-state index contributed by atoms with van der Waals surface area (Å²) < 4.78 is 47.8. The molecule has 380 valence electrons. The molecule has 0 bridgehead atoms. The number of aromatic nitrogens is 3. The normalized spacial score (nSPS) is 12.7. The molecule has 0 spiro atoms. The van der Waals surface area contributed by atoms with Crippen molar-refractivity contribution in [2.75, 3.05) is 0 Å². The summed E-state index contributed by atoms with van der Waals surface area (Å²) in [6, 6.07) is 41.2. The van der Waals surface area contributed by atoms with Crippen molar-refractivity contribution in [2.24, 2.45) is 0 Å². The molecule has 0 radical (unpaired) electrons. The molecule has 0 aliphatic rings. The summed E-state index contributed by atoms with van der Waals surface area (Å²) in [7, 11) is 0. The molecule has 3 aromatic heterocycles. The van der Waals surface area contributed by atoms with Gasteiger partial charge >= 0.3 is 6.18 Å². The van der Waals surface area contributed by atoms with Gasteiger partial charge in [0, 0.05) is 59.0 Å². The number of benzene rings is 6. The largest absolute Gasteiger partial charge is 0.507 e. The van der Waals surface area contributed by atoms with E-state index in [4.69, 9.17) is 4.98 Å². The van der Waals surface area contributed by atoms with Crippen LogP contribution >= 0.6 is 11.3 Å². The van der Waals surface area contributed by atoms with E-state index < -0.39 is 17.2 Å². The van der Waals surface area contributed by atoms with Crippen molar-refractivity contribution >= 4 is 32.5 Å². The summed E-state index contributed by atoms with van der Waals surface area (Å²) in [5.41, 5.74) is 13.4. The average Bonchev–Trinajstić information content (AvgIpc) is 3.85. The minimum absolute atomic E-state index is 0. The van der Waals surface area contributed by atoms with Crippen LogP contribution in [-0.4, -0.2) is 19.6 Å². The Hall–Kier alpha value is -5.82. The number of thiophene rings is 1. The Morgan fingerprint density at radius 2 is 1.21 bits per heavy atom. The molecule has 0 aliphatic heterocycles. The van der Waals surface area contributed by atoms with Crippen LogP contribution in [0.3, 0.4) is 0 Å². The van der Waals surface area contributed by atoms with E-state index in [1.165, 1.54) is 11.3 Å². The molecule has 0 atom stereocenters. The van der Waals surface area contributed by atoms with Crippen LogP contribution in [0.2, 0.25) is 0 Å². The maximum Gasteiger partial charge on any atom is 0.418 e. The van der Waals surface area contributed by atoms with E-state index >= 15 is 13.2 Å². The number of aromatic hydroxyl groups is 1. The first-order chi connectivity index (χ1) is 33.5. The van der Waals surface area contributed by atoms with Crippen LogP contribution in [0.25, 0.3) is 82.1 Å². The predicted molar refractivity (Wildman–Crippen MR) is 296 cm³/mol. The Bertz CT molecular complexity index is 3570. The summed E-state index contributed by atoms with van der Waals surface area (Å²) in [5.74, 6) is 0.766. The summed E-state index contributed by atoms with van der Waals surface area (Å²) >= 11 is 1.35. The molecule has 0 saturated carbocycles. The molecule has 6 aromatic carbocycles. The Kier molecular flexibility index (Phi) is 13.8. The number of para-hydroxylation sites is 1. The topological polar surface area (TPSA) is 50.9 Å². The Labute approximate surface area is 448 Å². The SMILES string of the molecule is Cc1cc(C)c(-n2c(-c3cc(C(C)(C)C)cc(C(C)(C)C)c3O)nc3c(-c4[c-]c(-c5ncc(C(F)(F)F)c6c(C)c(-c7ccc(C(C)(C)C)cc7)sc56)cc(C(C)(C)C)c4)cccc32)c(-c2ccccc2)c1.[Pt]. The van der Waals surface area contributed by atoms with Crippen LogP contribution in [-0.2, 0) is 48.9 Å². The first kappa shape index (κ1) is 53.5. The molecular weight excluding hydrogens is 1110 g/mol. The summed E-state index contributed by atoms with van der Waals surface area (Å²) in [5, 5.41) is 12.8. The van der Waals surface area contributed by atoms with Crippen LogP contribution < -0.4 is 0 Å². The fourth-order valence-electron chi connectivity index (χ4n) is 9.96. The first-order valence-corrected chi connectivity index (χ1v) is 25.6. The van der Waals surface area contributed by atoms with E-state index in [-0.39, 0.29) is 48.4 Å². The molecular formula is C64H65F3N3OPtS-. The molecule has 73 heavy (non-hydrogen) atoms. The summed E-state index contributed by atoms with van der Waals surface area (Å²) in [6.45, 7) is 31.8. The maximum atomic E-state index is 15.0. The fraction of sp³-hybridized carbons (Fsp3) is 0.312. The molecule has 0 unspecified atom stereocenters. The van der Waals surface area contributed by atoms with Gasteiger partial charge in [0.2, 0.25) is 0 Å². The molecule has 1 N–H and O–H groups in total. The molecule has 0 aliphatic carbocycles. The number of phenolic OH excluding ortho intramolecular Hbond substituents is 1. The third-order valence-corrected chi connectivity index (χ3v) is 15.4. The molecule has 9 heteroatoms. The third-order valence-electron chi connectivity index (χ3n) is 14.0. The number of halogens is 3. The van der Waals surface area contributed by atoms with Crippen LogP contribution in [0.5, 0.6) is 5.75 Å². The van der Waals surface area contributed by atoms with Gasteiger partial charge in [0.05, 0.1) is 27.8 Å². The Balaban J connectivity index is 0.00000711. The number of rotatable bonds is 6. The molecule has 0 fully saturated rings.